The summed E-state index contributed by atoms with van der Waals surface area (Å²) < 4.78 is 26.5. The Morgan fingerprint density at radius 3 is 2.45 bits per heavy atom. The van der Waals surface area contributed by atoms with Crippen LogP contribution in [0.4, 0.5) is 0 Å². The van der Waals surface area contributed by atoms with Crippen LogP contribution in [0.3, 0.4) is 0 Å². The average molecular weight is 363 g/mol. The summed E-state index contributed by atoms with van der Waals surface area (Å²) in [7, 11) is -3.23. The molecule has 4 nitrogen and oxygen atoms in total. The van der Waals surface area contributed by atoms with Crippen LogP contribution in [0.5, 0.6) is 0 Å². The fourth-order valence-electron chi connectivity index (χ4n) is 1.83. The Kier molecular flexibility index (Phi) is 6.61. The number of rotatable bonds is 7. The van der Waals surface area contributed by atoms with Gasteiger partial charge in [-0.1, -0.05) is 36.7 Å². The van der Waals surface area contributed by atoms with Crippen LogP contribution in [0.1, 0.15) is 32.8 Å². The molecule has 1 aromatic rings. The lowest BCUT2D eigenvalue weighted by Crippen LogP contribution is -2.33. The average Bonchev–Trinajstić information content (AvgIpc) is 2.34. The Bertz CT molecular complexity index is 498. The number of halogens is 1. The molecule has 20 heavy (non-hydrogen) atoms. The van der Waals surface area contributed by atoms with Crippen molar-refractivity contribution in [3.8, 4) is 0 Å². The Morgan fingerprint density at radius 1 is 1.30 bits per heavy atom. The maximum Gasteiger partial charge on any atom is 0.211 e. The van der Waals surface area contributed by atoms with E-state index in [9.17, 15) is 8.42 Å². The maximum atomic E-state index is 11.9. The molecule has 0 amide bonds. The Balaban J connectivity index is 2.38. The molecule has 0 fully saturated rings. The van der Waals surface area contributed by atoms with E-state index in [0.29, 0.717) is 13.0 Å². The summed E-state index contributed by atoms with van der Waals surface area (Å²) in [6, 6.07) is 3.67. The Labute approximate surface area is 130 Å². The molecule has 1 rings (SSSR count). The standard InChI is InChI=1S/C14H23BrN2O2S/c1-14(2,3)10-13(15)11-17-20(18,19)9-6-12-4-7-16-8-5-12/h4-5,7-8,13,17H,6,9-11H2,1-3H3. The third-order valence-corrected chi connectivity index (χ3v) is 4.76. The predicted octanol–water partition coefficient (Wildman–Crippen LogP) is 2.74. The number of hydrogen-bond acceptors (Lipinski definition) is 3. The van der Waals surface area contributed by atoms with E-state index in [1.54, 1.807) is 12.4 Å². The van der Waals surface area contributed by atoms with E-state index < -0.39 is 10.0 Å². The zero-order valence-electron chi connectivity index (χ0n) is 12.3. The molecule has 1 heterocycles. The molecular weight excluding hydrogens is 340 g/mol. The van der Waals surface area contributed by atoms with Gasteiger partial charge in [0.05, 0.1) is 5.75 Å². The van der Waals surface area contributed by atoms with Crippen molar-refractivity contribution in [3.63, 3.8) is 0 Å². The van der Waals surface area contributed by atoms with Gasteiger partial charge in [-0.05, 0) is 36.0 Å². The lowest BCUT2D eigenvalue weighted by atomic mass is 9.91. The van der Waals surface area contributed by atoms with Crippen molar-refractivity contribution in [3.05, 3.63) is 30.1 Å². The summed E-state index contributed by atoms with van der Waals surface area (Å²) in [6.45, 7) is 6.84. The maximum absolute atomic E-state index is 11.9. The molecule has 1 aromatic heterocycles. The van der Waals surface area contributed by atoms with E-state index in [2.05, 4.69) is 46.4 Å². The highest BCUT2D eigenvalue weighted by atomic mass is 79.9. The first-order chi connectivity index (χ1) is 9.18. The van der Waals surface area contributed by atoms with E-state index in [4.69, 9.17) is 0 Å². The zero-order chi connectivity index (χ0) is 15.2. The molecule has 0 radical (unpaired) electrons. The molecule has 6 heteroatoms. The normalized spacial score (nSPS) is 14.2. The minimum absolute atomic E-state index is 0.103. The van der Waals surface area contributed by atoms with Crippen molar-refractivity contribution >= 4 is 26.0 Å². The molecule has 0 aliphatic rings. The molecule has 1 atom stereocenters. The predicted molar refractivity (Wildman–Crippen MR) is 86.5 cm³/mol. The van der Waals surface area contributed by atoms with Crippen molar-refractivity contribution in [1.29, 1.82) is 0 Å². The van der Waals surface area contributed by atoms with Crippen molar-refractivity contribution in [2.45, 2.75) is 38.4 Å². The molecule has 0 aromatic carbocycles. The minimum Gasteiger partial charge on any atom is -0.265 e. The zero-order valence-corrected chi connectivity index (χ0v) is 14.7. The van der Waals surface area contributed by atoms with Gasteiger partial charge >= 0.3 is 0 Å². The second-order valence-electron chi connectivity index (χ2n) is 6.13. The first-order valence-electron chi connectivity index (χ1n) is 6.68. The molecule has 0 saturated heterocycles. The van der Waals surface area contributed by atoms with Gasteiger partial charge < -0.3 is 0 Å². The molecular formula is C14H23BrN2O2S. The van der Waals surface area contributed by atoms with Crippen molar-refractivity contribution < 1.29 is 8.42 Å². The van der Waals surface area contributed by atoms with Crippen LogP contribution in [0.2, 0.25) is 0 Å². The van der Waals surface area contributed by atoms with Gasteiger partial charge in [0.15, 0.2) is 0 Å². The monoisotopic (exact) mass is 362 g/mol. The molecule has 0 saturated carbocycles. The Morgan fingerprint density at radius 2 is 1.90 bits per heavy atom. The SMILES string of the molecule is CC(C)(C)CC(Br)CNS(=O)(=O)CCc1ccncc1. The van der Waals surface area contributed by atoms with Crippen LogP contribution < -0.4 is 4.72 Å². The Hall–Kier alpha value is -0.460. The van der Waals surface area contributed by atoms with Gasteiger partial charge in [0.2, 0.25) is 10.0 Å². The molecule has 0 aliphatic heterocycles. The van der Waals surface area contributed by atoms with Crippen LogP contribution >= 0.6 is 15.9 Å². The van der Waals surface area contributed by atoms with Crippen molar-refractivity contribution in [2.75, 3.05) is 12.3 Å². The molecule has 114 valence electrons. The second kappa shape index (κ2) is 7.52. The molecule has 0 bridgehead atoms. The number of aryl methyl sites for hydroxylation is 1. The van der Waals surface area contributed by atoms with E-state index in [0.717, 1.165) is 12.0 Å². The lowest BCUT2D eigenvalue weighted by Gasteiger charge is -2.22. The van der Waals surface area contributed by atoms with E-state index in [-0.39, 0.29) is 16.0 Å². The summed E-state index contributed by atoms with van der Waals surface area (Å²) in [4.78, 5) is 4.06. The van der Waals surface area contributed by atoms with Gasteiger partial charge in [-0.25, -0.2) is 13.1 Å². The second-order valence-corrected chi connectivity index (χ2v) is 9.36. The van der Waals surface area contributed by atoms with Gasteiger partial charge in [0, 0.05) is 23.8 Å². The van der Waals surface area contributed by atoms with Crippen LogP contribution in [0.25, 0.3) is 0 Å². The van der Waals surface area contributed by atoms with Crippen LogP contribution in [-0.4, -0.2) is 30.5 Å². The fourth-order valence-corrected chi connectivity index (χ4v) is 4.28. The van der Waals surface area contributed by atoms with Gasteiger partial charge in [-0.2, -0.15) is 0 Å². The molecule has 0 spiro atoms. The van der Waals surface area contributed by atoms with Crippen molar-refractivity contribution in [1.82, 2.24) is 9.71 Å². The molecule has 0 aliphatic carbocycles. The quantitative estimate of drug-likeness (QED) is 0.758. The fraction of sp³-hybridized carbons (Fsp3) is 0.643. The summed E-state index contributed by atoms with van der Waals surface area (Å²) in [5.74, 6) is 0.103. The van der Waals surface area contributed by atoms with Crippen LogP contribution in [-0.2, 0) is 16.4 Å². The van der Waals surface area contributed by atoms with Crippen LogP contribution in [0.15, 0.2) is 24.5 Å². The minimum atomic E-state index is -3.23. The van der Waals surface area contributed by atoms with Gasteiger partial charge in [0.1, 0.15) is 0 Å². The van der Waals surface area contributed by atoms with Gasteiger partial charge in [-0.15, -0.1) is 0 Å². The summed E-state index contributed by atoms with van der Waals surface area (Å²) >= 11 is 3.53. The first-order valence-corrected chi connectivity index (χ1v) is 9.25. The highest BCUT2D eigenvalue weighted by Gasteiger charge is 2.18. The number of nitrogens with zero attached hydrogens (tertiary/aromatic N) is 1. The highest BCUT2D eigenvalue weighted by molar-refractivity contribution is 9.09. The third-order valence-electron chi connectivity index (χ3n) is 2.77. The van der Waals surface area contributed by atoms with E-state index in [1.807, 2.05) is 12.1 Å². The van der Waals surface area contributed by atoms with E-state index >= 15 is 0 Å². The number of sulfonamides is 1. The highest BCUT2D eigenvalue weighted by Crippen LogP contribution is 2.24. The third kappa shape index (κ3) is 7.97. The lowest BCUT2D eigenvalue weighted by molar-refractivity contribution is 0.373. The van der Waals surface area contributed by atoms with Crippen molar-refractivity contribution in [2.24, 2.45) is 5.41 Å². The first kappa shape index (κ1) is 17.6. The van der Waals surface area contributed by atoms with Gasteiger partial charge in [-0.3, -0.25) is 4.98 Å². The molecule has 1 N–H and O–H groups in total. The number of nitrogens with one attached hydrogen (secondary N) is 1. The van der Waals surface area contributed by atoms with Crippen LogP contribution in [0, 0.1) is 5.41 Å². The number of alkyl halides is 1. The summed E-state index contributed by atoms with van der Waals surface area (Å²) in [5, 5.41) is 0. The van der Waals surface area contributed by atoms with E-state index in [1.165, 1.54) is 0 Å². The smallest absolute Gasteiger partial charge is 0.211 e. The number of aromatic nitrogens is 1. The largest absolute Gasteiger partial charge is 0.265 e. The summed E-state index contributed by atoms with van der Waals surface area (Å²) in [6.07, 6.45) is 4.77. The number of pyridine rings is 1. The topological polar surface area (TPSA) is 59.1 Å². The molecule has 1 unspecified atom stereocenters. The van der Waals surface area contributed by atoms with Gasteiger partial charge in [0.25, 0.3) is 0 Å². The number of hydrogen-bond donors (Lipinski definition) is 1. The summed E-state index contributed by atoms with van der Waals surface area (Å²) in [5.41, 5.74) is 1.16.